The molecular weight excluding hydrogens is 332 g/mol. The number of alkyl halides is 1. The molecule has 0 radical (unpaired) electrons. The van der Waals surface area contributed by atoms with Gasteiger partial charge >= 0.3 is 0 Å². The van der Waals surface area contributed by atoms with Gasteiger partial charge in [0.05, 0.1) is 13.7 Å². The number of aryl methyl sites for hydroxylation is 1. The van der Waals surface area contributed by atoms with E-state index in [9.17, 15) is 4.79 Å². The molecular formula is C18H31ClO5. The zero-order valence-electron chi connectivity index (χ0n) is 15.4. The summed E-state index contributed by atoms with van der Waals surface area (Å²) in [4.78, 5) is 11.5. The lowest BCUT2D eigenvalue weighted by Crippen LogP contribution is -1.98. The Bertz CT molecular complexity index is 445. The summed E-state index contributed by atoms with van der Waals surface area (Å²) in [5, 5.41) is 15.1. The van der Waals surface area contributed by atoms with Gasteiger partial charge in [0.25, 0.3) is 0 Å². The molecule has 140 valence electrons. The number of benzene rings is 1. The third-order valence-corrected chi connectivity index (χ3v) is 2.61. The second kappa shape index (κ2) is 16.6. The molecule has 0 fully saturated rings. The van der Waals surface area contributed by atoms with Crippen LogP contribution in [0.2, 0.25) is 0 Å². The maximum atomic E-state index is 11.5. The fraction of sp³-hybridized carbons (Fsp3) is 0.611. The van der Waals surface area contributed by atoms with Crippen LogP contribution in [-0.4, -0.2) is 48.8 Å². The number of carbonyl (C=O) groups excluding carboxylic acids is 1. The Balaban J connectivity index is 0. The Labute approximate surface area is 150 Å². The van der Waals surface area contributed by atoms with E-state index in [1.165, 1.54) is 0 Å². The molecule has 24 heavy (non-hydrogen) atoms. The average Bonchev–Trinajstić information content (AvgIpc) is 2.90. The lowest BCUT2D eigenvalue weighted by molar-refractivity contribution is 0.0994. The van der Waals surface area contributed by atoms with Crippen LogP contribution in [0.3, 0.4) is 0 Å². The number of hydrogen-bond acceptors (Lipinski definition) is 5. The average molecular weight is 363 g/mol. The standard InChI is InChI=1S/C12H14O3.C2H5Cl.2C2H6O/c1-3-15-12-6-8-4-5-10(13)9(8)7-11(12)14-2;3*1-2-3/h6-7H,3-5H2,1-2H3;2H2,1H3;2*3H,2H2,1H3. The summed E-state index contributed by atoms with van der Waals surface area (Å²) < 4.78 is 10.6. The number of Topliss-reactive ketones (excluding diaryl/α,β-unsaturated/α-hetero) is 1. The van der Waals surface area contributed by atoms with Gasteiger partial charge in [0.15, 0.2) is 17.3 Å². The SMILES string of the molecule is CCCl.CCO.CCO.CCOc1cc2c(cc1OC)C(=O)CC2. The number of ether oxygens (including phenoxy) is 2. The lowest BCUT2D eigenvalue weighted by Gasteiger charge is -2.10. The first kappa shape index (κ1) is 24.9. The summed E-state index contributed by atoms with van der Waals surface area (Å²) in [5.41, 5.74) is 1.86. The third-order valence-electron chi connectivity index (χ3n) is 2.61. The topological polar surface area (TPSA) is 76.0 Å². The number of halogens is 1. The maximum Gasteiger partial charge on any atom is 0.163 e. The zero-order valence-corrected chi connectivity index (χ0v) is 16.2. The van der Waals surface area contributed by atoms with E-state index in [-0.39, 0.29) is 19.0 Å². The number of fused-ring (bicyclic) bond motifs is 1. The van der Waals surface area contributed by atoms with Crippen molar-refractivity contribution in [2.45, 2.75) is 40.5 Å². The number of carbonyl (C=O) groups is 1. The Morgan fingerprint density at radius 3 is 1.96 bits per heavy atom. The van der Waals surface area contributed by atoms with Gasteiger partial charge < -0.3 is 19.7 Å². The molecule has 0 saturated carbocycles. The molecule has 0 aliphatic heterocycles. The molecule has 2 N–H and O–H groups in total. The van der Waals surface area contributed by atoms with Gasteiger partial charge in [0.2, 0.25) is 0 Å². The molecule has 2 rings (SSSR count). The predicted molar refractivity (Wildman–Crippen MR) is 98.7 cm³/mol. The molecule has 1 aliphatic rings. The third kappa shape index (κ3) is 9.75. The molecule has 1 aromatic rings. The Hall–Kier alpha value is -1.30. The summed E-state index contributed by atoms with van der Waals surface area (Å²) in [6.45, 7) is 8.28. The van der Waals surface area contributed by atoms with Crippen LogP contribution in [0.25, 0.3) is 0 Å². The van der Waals surface area contributed by atoms with E-state index in [1.807, 2.05) is 19.9 Å². The molecule has 6 heteroatoms. The van der Waals surface area contributed by atoms with Crippen molar-refractivity contribution in [1.29, 1.82) is 0 Å². The van der Waals surface area contributed by atoms with E-state index < -0.39 is 0 Å². The monoisotopic (exact) mass is 362 g/mol. The fourth-order valence-electron chi connectivity index (χ4n) is 1.88. The molecule has 0 bridgehead atoms. The van der Waals surface area contributed by atoms with E-state index in [1.54, 1.807) is 27.0 Å². The van der Waals surface area contributed by atoms with E-state index >= 15 is 0 Å². The van der Waals surface area contributed by atoms with Crippen molar-refractivity contribution >= 4 is 17.4 Å². The van der Waals surface area contributed by atoms with E-state index in [4.69, 9.17) is 31.3 Å². The molecule has 1 aromatic carbocycles. The predicted octanol–water partition coefficient (Wildman–Crippen LogP) is 3.47. The van der Waals surface area contributed by atoms with Crippen LogP contribution in [0.1, 0.15) is 50.0 Å². The molecule has 1 aliphatic carbocycles. The molecule has 0 spiro atoms. The van der Waals surface area contributed by atoms with E-state index in [2.05, 4.69) is 0 Å². The first-order chi connectivity index (χ1) is 11.5. The van der Waals surface area contributed by atoms with Gasteiger partial charge in [0, 0.05) is 31.1 Å². The Kier molecular flexibility index (Phi) is 17.2. The minimum atomic E-state index is 0.200. The van der Waals surface area contributed by atoms with Crippen molar-refractivity contribution in [3.05, 3.63) is 23.3 Å². The first-order valence-electron chi connectivity index (χ1n) is 8.15. The summed E-state index contributed by atoms with van der Waals surface area (Å²) >= 11 is 5.00. The van der Waals surface area contributed by atoms with Gasteiger partial charge in [-0.15, -0.1) is 11.6 Å². The molecule has 0 heterocycles. The van der Waals surface area contributed by atoms with Crippen molar-refractivity contribution in [2.24, 2.45) is 0 Å². The highest BCUT2D eigenvalue weighted by Crippen LogP contribution is 2.34. The second-order valence-electron chi connectivity index (χ2n) is 4.42. The van der Waals surface area contributed by atoms with Crippen molar-refractivity contribution < 1.29 is 24.5 Å². The van der Waals surface area contributed by atoms with Gasteiger partial charge in [0.1, 0.15) is 0 Å². The van der Waals surface area contributed by atoms with Gasteiger partial charge in [-0.05, 0) is 44.9 Å². The molecule has 0 saturated heterocycles. The van der Waals surface area contributed by atoms with E-state index in [0.29, 0.717) is 18.8 Å². The maximum absolute atomic E-state index is 11.5. The number of ketones is 1. The molecule has 0 unspecified atom stereocenters. The minimum Gasteiger partial charge on any atom is -0.493 e. The van der Waals surface area contributed by atoms with Crippen molar-refractivity contribution in [3.63, 3.8) is 0 Å². The Morgan fingerprint density at radius 2 is 1.54 bits per heavy atom. The number of hydrogen-bond donors (Lipinski definition) is 2. The number of rotatable bonds is 3. The van der Waals surface area contributed by atoms with Crippen LogP contribution in [0, 0.1) is 0 Å². The summed E-state index contributed by atoms with van der Waals surface area (Å²) in [7, 11) is 1.59. The number of aliphatic hydroxyl groups is 2. The first-order valence-corrected chi connectivity index (χ1v) is 8.68. The van der Waals surface area contributed by atoms with Crippen LogP contribution in [0.5, 0.6) is 11.5 Å². The molecule has 0 atom stereocenters. The molecule has 0 amide bonds. The summed E-state index contributed by atoms with van der Waals surface area (Å²) in [5.74, 6) is 2.30. The summed E-state index contributed by atoms with van der Waals surface area (Å²) in [6, 6.07) is 3.71. The number of aliphatic hydroxyl groups excluding tert-OH is 2. The largest absolute Gasteiger partial charge is 0.493 e. The van der Waals surface area contributed by atoms with Gasteiger partial charge in [-0.3, -0.25) is 4.79 Å². The quantitative estimate of drug-likeness (QED) is 0.805. The van der Waals surface area contributed by atoms with Crippen molar-refractivity contribution in [2.75, 3.05) is 32.8 Å². The highest BCUT2D eigenvalue weighted by atomic mass is 35.5. The van der Waals surface area contributed by atoms with Crippen molar-refractivity contribution in [1.82, 2.24) is 0 Å². The van der Waals surface area contributed by atoms with Gasteiger partial charge in [-0.25, -0.2) is 0 Å². The fourth-order valence-corrected chi connectivity index (χ4v) is 1.88. The molecule has 0 aromatic heterocycles. The van der Waals surface area contributed by atoms with Crippen LogP contribution in [-0.2, 0) is 6.42 Å². The van der Waals surface area contributed by atoms with Gasteiger partial charge in [-0.2, -0.15) is 0 Å². The van der Waals surface area contributed by atoms with Crippen LogP contribution < -0.4 is 9.47 Å². The Morgan fingerprint density at radius 1 is 1.04 bits per heavy atom. The summed E-state index contributed by atoms with van der Waals surface area (Å²) in [6.07, 6.45) is 1.42. The highest BCUT2D eigenvalue weighted by molar-refractivity contribution is 6.17. The molecule has 5 nitrogen and oxygen atoms in total. The van der Waals surface area contributed by atoms with Crippen LogP contribution in [0.15, 0.2) is 12.1 Å². The lowest BCUT2D eigenvalue weighted by atomic mass is 10.1. The van der Waals surface area contributed by atoms with Crippen molar-refractivity contribution in [3.8, 4) is 11.5 Å². The normalized spacial score (nSPS) is 10.9. The van der Waals surface area contributed by atoms with Crippen LogP contribution in [0.4, 0.5) is 0 Å². The van der Waals surface area contributed by atoms with Gasteiger partial charge in [-0.1, -0.05) is 6.92 Å². The smallest absolute Gasteiger partial charge is 0.163 e. The van der Waals surface area contributed by atoms with E-state index in [0.717, 1.165) is 29.2 Å². The van der Waals surface area contributed by atoms with Crippen LogP contribution >= 0.6 is 11.6 Å². The minimum absolute atomic E-state index is 0.200. The zero-order chi connectivity index (χ0) is 19.0. The second-order valence-corrected chi connectivity index (χ2v) is 4.95. The number of methoxy groups -OCH3 is 1. The highest BCUT2D eigenvalue weighted by Gasteiger charge is 2.22.